The molecule has 10 nitrogen and oxygen atoms in total. The molecule has 2 heterocycles. The van der Waals surface area contributed by atoms with Gasteiger partial charge in [0.1, 0.15) is 28.5 Å². The summed E-state index contributed by atoms with van der Waals surface area (Å²) in [5.74, 6) is -0.141. The standard InChI is InChI=1S/C21H15ClN6O4/c1-23-20(31)17-10-13(6-7-24-17)32-12-3-4-15-16(9-12)25-21(28-27-15)26-19(30)11-2-5-18(29)14(22)8-11/h2-10,29H,1H3,(H,23,31)(H,25,26,28,30). The third-order valence-electron chi connectivity index (χ3n) is 4.29. The molecular weight excluding hydrogens is 436 g/mol. The number of ether oxygens (including phenoxy) is 1. The number of benzene rings is 2. The van der Waals surface area contributed by atoms with Crippen molar-refractivity contribution in [2.24, 2.45) is 0 Å². The zero-order valence-electron chi connectivity index (χ0n) is 16.5. The highest BCUT2D eigenvalue weighted by Gasteiger charge is 2.12. The van der Waals surface area contributed by atoms with Crippen LogP contribution in [0.2, 0.25) is 5.02 Å². The lowest BCUT2D eigenvalue weighted by Gasteiger charge is -2.08. The number of pyridine rings is 1. The minimum absolute atomic E-state index is 0.0188. The number of nitrogens with zero attached hydrogens (tertiary/aromatic N) is 4. The van der Waals surface area contributed by atoms with Crippen LogP contribution in [0.4, 0.5) is 5.95 Å². The molecule has 0 aliphatic rings. The van der Waals surface area contributed by atoms with E-state index in [1.807, 2.05) is 0 Å². The number of anilines is 1. The third kappa shape index (κ3) is 4.55. The van der Waals surface area contributed by atoms with Crippen LogP contribution >= 0.6 is 11.6 Å². The summed E-state index contributed by atoms with van der Waals surface area (Å²) in [6, 6.07) is 12.1. The van der Waals surface area contributed by atoms with Crippen molar-refractivity contribution in [2.75, 3.05) is 12.4 Å². The van der Waals surface area contributed by atoms with Gasteiger partial charge < -0.3 is 15.2 Å². The van der Waals surface area contributed by atoms with Crippen LogP contribution in [0.3, 0.4) is 0 Å². The smallest absolute Gasteiger partial charge is 0.269 e. The van der Waals surface area contributed by atoms with Crippen LogP contribution in [0.25, 0.3) is 11.0 Å². The Morgan fingerprint density at radius 3 is 2.56 bits per heavy atom. The van der Waals surface area contributed by atoms with Gasteiger partial charge in [-0.05, 0) is 36.4 Å². The SMILES string of the molecule is CNC(=O)c1cc(Oc2ccc3nnc(NC(=O)c4ccc(O)c(Cl)c4)nc3c2)ccn1. The average Bonchev–Trinajstić information content (AvgIpc) is 2.80. The molecule has 4 aromatic rings. The van der Waals surface area contributed by atoms with Crippen molar-refractivity contribution in [3.63, 3.8) is 0 Å². The Kier molecular flexibility index (Phi) is 5.77. The summed E-state index contributed by atoms with van der Waals surface area (Å²) >= 11 is 5.84. The van der Waals surface area contributed by atoms with Crippen molar-refractivity contribution in [1.82, 2.24) is 25.5 Å². The fourth-order valence-electron chi connectivity index (χ4n) is 2.72. The fraction of sp³-hybridized carbons (Fsp3) is 0.0476. The summed E-state index contributed by atoms with van der Waals surface area (Å²) in [5.41, 5.74) is 1.35. The van der Waals surface area contributed by atoms with Gasteiger partial charge in [0.25, 0.3) is 11.8 Å². The predicted octanol–water partition coefficient (Wildman–Crippen LogP) is 3.18. The Morgan fingerprint density at radius 1 is 0.969 bits per heavy atom. The van der Waals surface area contributed by atoms with Crippen molar-refractivity contribution in [3.8, 4) is 17.2 Å². The average molecular weight is 451 g/mol. The van der Waals surface area contributed by atoms with Crippen LogP contribution < -0.4 is 15.4 Å². The number of rotatable bonds is 5. The van der Waals surface area contributed by atoms with Crippen LogP contribution in [-0.2, 0) is 0 Å². The van der Waals surface area contributed by atoms with Crippen molar-refractivity contribution >= 4 is 40.4 Å². The number of carbonyl (C=O) groups excluding carboxylic acids is 2. The molecule has 0 aliphatic carbocycles. The van der Waals surface area contributed by atoms with E-state index < -0.39 is 5.91 Å². The number of phenols is 1. The van der Waals surface area contributed by atoms with Crippen LogP contribution in [0.15, 0.2) is 54.7 Å². The Labute approximate surface area is 186 Å². The zero-order chi connectivity index (χ0) is 22.7. The van der Waals surface area contributed by atoms with Crippen molar-refractivity contribution in [2.45, 2.75) is 0 Å². The molecule has 0 spiro atoms. The van der Waals surface area contributed by atoms with E-state index >= 15 is 0 Å². The molecule has 2 amide bonds. The second kappa shape index (κ2) is 8.82. The van der Waals surface area contributed by atoms with Crippen molar-refractivity contribution < 1.29 is 19.4 Å². The Bertz CT molecular complexity index is 1350. The first-order chi connectivity index (χ1) is 15.4. The molecule has 2 aromatic carbocycles. The Morgan fingerprint density at radius 2 is 1.78 bits per heavy atom. The lowest BCUT2D eigenvalue weighted by molar-refractivity contribution is 0.0957. The summed E-state index contributed by atoms with van der Waals surface area (Å²) in [7, 11) is 1.51. The van der Waals surface area contributed by atoms with Gasteiger partial charge in [0.15, 0.2) is 0 Å². The van der Waals surface area contributed by atoms with Gasteiger partial charge in [-0.15, -0.1) is 10.2 Å². The number of aromatic nitrogens is 4. The first-order valence-electron chi connectivity index (χ1n) is 9.23. The lowest BCUT2D eigenvalue weighted by Crippen LogP contribution is -2.18. The minimum atomic E-state index is -0.515. The maximum absolute atomic E-state index is 12.4. The number of aromatic hydroxyl groups is 1. The monoisotopic (exact) mass is 450 g/mol. The molecule has 0 unspecified atom stereocenters. The van der Waals surface area contributed by atoms with Gasteiger partial charge in [0.05, 0.1) is 10.5 Å². The molecule has 4 rings (SSSR count). The molecule has 160 valence electrons. The number of halogens is 1. The molecule has 0 aliphatic heterocycles. The number of nitrogens with one attached hydrogen (secondary N) is 2. The normalized spacial score (nSPS) is 10.6. The fourth-order valence-corrected chi connectivity index (χ4v) is 2.90. The van der Waals surface area contributed by atoms with Gasteiger partial charge >= 0.3 is 0 Å². The van der Waals surface area contributed by atoms with Gasteiger partial charge in [-0.1, -0.05) is 11.6 Å². The highest BCUT2D eigenvalue weighted by Crippen LogP contribution is 2.26. The molecule has 0 atom stereocenters. The largest absolute Gasteiger partial charge is 0.506 e. The lowest BCUT2D eigenvalue weighted by atomic mass is 10.2. The van der Waals surface area contributed by atoms with Crippen LogP contribution in [-0.4, -0.2) is 44.1 Å². The van der Waals surface area contributed by atoms with E-state index in [1.54, 1.807) is 24.3 Å². The predicted molar refractivity (Wildman–Crippen MR) is 116 cm³/mol. The molecule has 3 N–H and O–H groups in total. The van der Waals surface area contributed by atoms with Gasteiger partial charge in [-0.25, -0.2) is 4.98 Å². The van der Waals surface area contributed by atoms with Gasteiger partial charge in [0, 0.05) is 30.9 Å². The van der Waals surface area contributed by atoms with Crippen LogP contribution in [0.5, 0.6) is 17.2 Å². The first-order valence-corrected chi connectivity index (χ1v) is 9.61. The van der Waals surface area contributed by atoms with Crippen LogP contribution in [0.1, 0.15) is 20.8 Å². The van der Waals surface area contributed by atoms with E-state index in [2.05, 4.69) is 30.8 Å². The molecule has 0 radical (unpaired) electrons. The van der Waals surface area contributed by atoms with Gasteiger partial charge in [-0.2, -0.15) is 0 Å². The number of hydrogen-bond donors (Lipinski definition) is 3. The quantitative estimate of drug-likeness (QED) is 0.421. The Balaban J connectivity index is 1.56. The second-order valence-corrected chi connectivity index (χ2v) is 6.87. The summed E-state index contributed by atoms with van der Waals surface area (Å²) < 4.78 is 5.80. The molecule has 0 saturated heterocycles. The number of hydrogen-bond acceptors (Lipinski definition) is 8. The van der Waals surface area contributed by atoms with Crippen molar-refractivity contribution in [3.05, 3.63) is 71.0 Å². The highest BCUT2D eigenvalue weighted by atomic mass is 35.5. The topological polar surface area (TPSA) is 139 Å². The van der Waals surface area contributed by atoms with E-state index in [0.29, 0.717) is 22.5 Å². The van der Waals surface area contributed by atoms with E-state index in [1.165, 1.54) is 37.5 Å². The molecule has 2 aromatic heterocycles. The van der Waals surface area contributed by atoms with Gasteiger partial charge in [-0.3, -0.25) is 19.9 Å². The van der Waals surface area contributed by atoms with Crippen LogP contribution in [0, 0.1) is 0 Å². The summed E-state index contributed by atoms with van der Waals surface area (Å²) in [6.07, 6.45) is 1.47. The zero-order valence-corrected chi connectivity index (χ0v) is 17.3. The van der Waals surface area contributed by atoms with E-state index in [9.17, 15) is 14.7 Å². The van der Waals surface area contributed by atoms with Crippen molar-refractivity contribution in [1.29, 1.82) is 0 Å². The molecule has 0 saturated carbocycles. The number of carbonyl (C=O) groups is 2. The highest BCUT2D eigenvalue weighted by molar-refractivity contribution is 6.32. The van der Waals surface area contributed by atoms with Gasteiger partial charge in [0.2, 0.25) is 5.95 Å². The number of fused-ring (bicyclic) bond motifs is 1. The summed E-state index contributed by atoms with van der Waals surface area (Å²) in [4.78, 5) is 32.4. The maximum atomic E-state index is 12.4. The third-order valence-corrected chi connectivity index (χ3v) is 4.59. The molecule has 32 heavy (non-hydrogen) atoms. The van der Waals surface area contributed by atoms with E-state index in [0.717, 1.165) is 0 Å². The molecular formula is C21H15ClN6O4. The van der Waals surface area contributed by atoms with E-state index in [4.69, 9.17) is 16.3 Å². The number of amides is 2. The molecule has 0 bridgehead atoms. The summed E-state index contributed by atoms with van der Waals surface area (Å²) in [5, 5.41) is 22.5. The second-order valence-electron chi connectivity index (χ2n) is 6.46. The minimum Gasteiger partial charge on any atom is -0.506 e. The molecule has 11 heteroatoms. The maximum Gasteiger partial charge on any atom is 0.269 e. The first kappa shape index (κ1) is 20.9. The summed E-state index contributed by atoms with van der Waals surface area (Å²) in [6.45, 7) is 0. The van der Waals surface area contributed by atoms with E-state index in [-0.39, 0.29) is 33.9 Å². The Hall–Kier alpha value is -4.31. The number of phenolic OH excluding ortho intramolecular Hbond substituents is 1. The molecule has 0 fully saturated rings.